The molecule has 5 nitrogen and oxygen atoms in total. The van der Waals surface area contributed by atoms with E-state index in [-0.39, 0.29) is 11.7 Å². The van der Waals surface area contributed by atoms with Crippen LogP contribution in [0.4, 0.5) is 0 Å². The molecule has 0 amide bonds. The highest BCUT2D eigenvalue weighted by atomic mass is 16.5. The number of ether oxygens (including phenoxy) is 1. The molecule has 0 aliphatic carbocycles. The molecule has 0 saturated carbocycles. The van der Waals surface area contributed by atoms with E-state index in [9.17, 15) is 4.79 Å². The van der Waals surface area contributed by atoms with Gasteiger partial charge >= 0.3 is 12.0 Å². The lowest BCUT2D eigenvalue weighted by Crippen LogP contribution is -2.08. The molecule has 2 rings (SSSR count). The van der Waals surface area contributed by atoms with Crippen molar-refractivity contribution < 1.29 is 14.6 Å². The van der Waals surface area contributed by atoms with Crippen LogP contribution in [0, 0.1) is 6.92 Å². The molecule has 0 saturated heterocycles. The fraction of sp³-hybridized carbons (Fsp3) is 0.267. The maximum Gasteiger partial charge on any atom is 0.354 e. The van der Waals surface area contributed by atoms with Gasteiger partial charge in [-0.05, 0) is 31.4 Å². The molecule has 0 radical (unpaired) electrons. The molecular formula is C15H16N2O3. The van der Waals surface area contributed by atoms with Gasteiger partial charge in [0.1, 0.15) is 0 Å². The average Bonchev–Trinajstić information content (AvgIpc) is 2.44. The van der Waals surface area contributed by atoms with Crippen molar-refractivity contribution in [3.05, 3.63) is 53.3 Å². The molecule has 0 aliphatic rings. The van der Waals surface area contributed by atoms with Gasteiger partial charge in [0.25, 0.3) is 0 Å². The van der Waals surface area contributed by atoms with Crippen molar-refractivity contribution in [3.63, 3.8) is 0 Å². The van der Waals surface area contributed by atoms with E-state index in [0.717, 1.165) is 12.8 Å². The van der Waals surface area contributed by atoms with Gasteiger partial charge in [-0.2, -0.15) is 4.98 Å². The van der Waals surface area contributed by atoms with Gasteiger partial charge in [0, 0.05) is 5.69 Å². The number of carboxylic acids is 1. The Hall–Kier alpha value is -2.43. The number of aryl methyl sites for hydroxylation is 2. The standard InChI is InChI=1S/C15H16N2O3/c1-11-10-13(14(18)19)17-15(16-11)20-9-5-8-12-6-3-2-4-7-12/h2-4,6-7,10H,5,8-9H2,1H3,(H,18,19). The number of benzene rings is 1. The van der Waals surface area contributed by atoms with Gasteiger partial charge in [-0.25, -0.2) is 9.78 Å². The Morgan fingerprint density at radius 1 is 1.25 bits per heavy atom. The maximum atomic E-state index is 10.9. The van der Waals surface area contributed by atoms with Gasteiger partial charge in [0.2, 0.25) is 0 Å². The SMILES string of the molecule is Cc1cc(C(=O)O)nc(OCCCc2ccccc2)n1. The van der Waals surface area contributed by atoms with Crippen molar-refractivity contribution in [1.29, 1.82) is 0 Å². The molecule has 1 aromatic carbocycles. The molecule has 1 N–H and O–H groups in total. The fourth-order valence-electron chi connectivity index (χ4n) is 1.80. The summed E-state index contributed by atoms with van der Waals surface area (Å²) >= 11 is 0. The molecule has 20 heavy (non-hydrogen) atoms. The fourth-order valence-corrected chi connectivity index (χ4v) is 1.80. The molecule has 0 atom stereocenters. The first-order valence-corrected chi connectivity index (χ1v) is 6.41. The summed E-state index contributed by atoms with van der Waals surface area (Å²) in [6.07, 6.45) is 1.72. The third-order valence-electron chi connectivity index (χ3n) is 2.74. The predicted octanol–water partition coefficient (Wildman–Crippen LogP) is 2.49. The van der Waals surface area contributed by atoms with E-state index in [1.807, 2.05) is 18.2 Å². The summed E-state index contributed by atoms with van der Waals surface area (Å²) in [4.78, 5) is 18.8. The van der Waals surface area contributed by atoms with Crippen LogP contribution < -0.4 is 4.74 Å². The minimum absolute atomic E-state index is 0.0458. The second-order valence-corrected chi connectivity index (χ2v) is 4.42. The van der Waals surface area contributed by atoms with Gasteiger partial charge in [-0.15, -0.1) is 0 Å². The van der Waals surface area contributed by atoms with Crippen LogP contribution in [-0.4, -0.2) is 27.7 Å². The average molecular weight is 272 g/mol. The molecule has 2 aromatic rings. The summed E-state index contributed by atoms with van der Waals surface area (Å²) in [6, 6.07) is 11.6. The van der Waals surface area contributed by atoms with Crippen molar-refractivity contribution in [1.82, 2.24) is 9.97 Å². The van der Waals surface area contributed by atoms with Crippen LogP contribution >= 0.6 is 0 Å². The summed E-state index contributed by atoms with van der Waals surface area (Å²) in [5.74, 6) is -1.08. The lowest BCUT2D eigenvalue weighted by molar-refractivity contribution is 0.0688. The largest absolute Gasteiger partial charge is 0.477 e. The maximum absolute atomic E-state index is 10.9. The normalized spacial score (nSPS) is 10.2. The highest BCUT2D eigenvalue weighted by molar-refractivity contribution is 5.85. The van der Waals surface area contributed by atoms with Crippen LogP contribution in [0.25, 0.3) is 0 Å². The highest BCUT2D eigenvalue weighted by Crippen LogP contribution is 2.08. The zero-order valence-electron chi connectivity index (χ0n) is 11.2. The minimum Gasteiger partial charge on any atom is -0.477 e. The second kappa shape index (κ2) is 6.65. The summed E-state index contributed by atoms with van der Waals surface area (Å²) in [7, 11) is 0. The first kappa shape index (κ1) is 14.0. The number of rotatable bonds is 6. The van der Waals surface area contributed by atoms with E-state index in [0.29, 0.717) is 12.3 Å². The van der Waals surface area contributed by atoms with E-state index in [1.54, 1.807) is 6.92 Å². The molecule has 0 fully saturated rings. The van der Waals surface area contributed by atoms with Crippen LogP contribution in [0.5, 0.6) is 6.01 Å². The summed E-state index contributed by atoms with van der Waals surface area (Å²) in [5, 5.41) is 8.91. The van der Waals surface area contributed by atoms with E-state index in [2.05, 4.69) is 22.1 Å². The molecule has 1 heterocycles. The summed E-state index contributed by atoms with van der Waals surface area (Å²) in [5.41, 5.74) is 1.78. The quantitative estimate of drug-likeness (QED) is 0.818. The Balaban J connectivity index is 1.86. The molecule has 0 aliphatic heterocycles. The Kier molecular flexibility index (Phi) is 4.65. The van der Waals surface area contributed by atoms with Crippen molar-refractivity contribution in [2.24, 2.45) is 0 Å². The van der Waals surface area contributed by atoms with Crippen molar-refractivity contribution in [2.45, 2.75) is 19.8 Å². The van der Waals surface area contributed by atoms with Gasteiger partial charge < -0.3 is 9.84 Å². The number of hydrogen-bond donors (Lipinski definition) is 1. The molecule has 104 valence electrons. The van der Waals surface area contributed by atoms with E-state index in [1.165, 1.54) is 11.6 Å². The molecule has 1 aromatic heterocycles. The van der Waals surface area contributed by atoms with E-state index < -0.39 is 5.97 Å². The Morgan fingerprint density at radius 2 is 2.00 bits per heavy atom. The molecule has 0 bridgehead atoms. The van der Waals surface area contributed by atoms with Gasteiger partial charge in [0.05, 0.1) is 6.61 Å². The van der Waals surface area contributed by atoms with Crippen LogP contribution in [-0.2, 0) is 6.42 Å². The van der Waals surface area contributed by atoms with E-state index in [4.69, 9.17) is 9.84 Å². The third-order valence-corrected chi connectivity index (χ3v) is 2.74. The lowest BCUT2D eigenvalue weighted by Gasteiger charge is -2.06. The Labute approximate surface area is 117 Å². The Morgan fingerprint density at radius 3 is 2.70 bits per heavy atom. The van der Waals surface area contributed by atoms with E-state index >= 15 is 0 Å². The first-order valence-electron chi connectivity index (χ1n) is 6.41. The summed E-state index contributed by atoms with van der Waals surface area (Å²) in [6.45, 7) is 2.17. The lowest BCUT2D eigenvalue weighted by atomic mass is 10.1. The van der Waals surface area contributed by atoms with Crippen LogP contribution in [0.3, 0.4) is 0 Å². The second-order valence-electron chi connectivity index (χ2n) is 4.42. The number of hydrogen-bond acceptors (Lipinski definition) is 4. The summed E-state index contributed by atoms with van der Waals surface area (Å²) < 4.78 is 5.41. The molecular weight excluding hydrogens is 256 g/mol. The number of carbonyl (C=O) groups is 1. The number of carboxylic acid groups (broad SMARTS) is 1. The molecule has 5 heteroatoms. The molecule has 0 unspecified atom stereocenters. The van der Waals surface area contributed by atoms with Gasteiger partial charge in [-0.3, -0.25) is 0 Å². The monoisotopic (exact) mass is 272 g/mol. The van der Waals surface area contributed by atoms with Crippen molar-refractivity contribution >= 4 is 5.97 Å². The number of aromatic nitrogens is 2. The van der Waals surface area contributed by atoms with Crippen molar-refractivity contribution in [2.75, 3.05) is 6.61 Å². The smallest absolute Gasteiger partial charge is 0.354 e. The zero-order valence-corrected chi connectivity index (χ0v) is 11.2. The third kappa shape index (κ3) is 4.05. The zero-order chi connectivity index (χ0) is 14.4. The predicted molar refractivity (Wildman–Crippen MR) is 74.0 cm³/mol. The van der Waals surface area contributed by atoms with Gasteiger partial charge in [-0.1, -0.05) is 30.3 Å². The van der Waals surface area contributed by atoms with Crippen molar-refractivity contribution in [3.8, 4) is 6.01 Å². The number of nitrogens with zero attached hydrogens (tertiary/aromatic N) is 2. The minimum atomic E-state index is -1.08. The highest BCUT2D eigenvalue weighted by Gasteiger charge is 2.09. The van der Waals surface area contributed by atoms with Crippen LogP contribution in [0.1, 0.15) is 28.2 Å². The van der Waals surface area contributed by atoms with Gasteiger partial charge in [0.15, 0.2) is 5.69 Å². The van der Waals surface area contributed by atoms with Crippen LogP contribution in [0.15, 0.2) is 36.4 Å². The Bertz CT molecular complexity index is 585. The number of aromatic carboxylic acids is 1. The topological polar surface area (TPSA) is 72.3 Å². The van der Waals surface area contributed by atoms with Crippen LogP contribution in [0.2, 0.25) is 0 Å². The first-order chi connectivity index (χ1) is 9.65. The molecule has 0 spiro atoms.